The minimum absolute atomic E-state index is 0. The highest BCUT2D eigenvalue weighted by molar-refractivity contribution is 14.0. The van der Waals surface area contributed by atoms with Gasteiger partial charge in [0.05, 0.1) is 7.11 Å². The molecule has 1 rings (SSSR count). The van der Waals surface area contributed by atoms with Gasteiger partial charge in [-0.15, -0.1) is 24.0 Å². The van der Waals surface area contributed by atoms with Crippen LogP contribution in [0.2, 0.25) is 0 Å². The number of aliphatic imine (C=N–C) groups is 1. The number of phenols is 1. The van der Waals surface area contributed by atoms with Crippen molar-refractivity contribution in [2.45, 2.75) is 20.4 Å². The highest BCUT2D eigenvalue weighted by atomic mass is 127. The summed E-state index contributed by atoms with van der Waals surface area (Å²) in [5.74, 6) is 2.23. The molecule has 6 heteroatoms. The average molecular weight is 393 g/mol. The Morgan fingerprint density at radius 1 is 1.35 bits per heavy atom. The fraction of sp³-hybridized carbons (Fsp3) is 0.500. The number of phenolic OH excluding ortho intramolecular Hbond substituents is 1. The normalized spacial score (nSPS) is 10.9. The van der Waals surface area contributed by atoms with E-state index in [2.05, 4.69) is 29.5 Å². The van der Waals surface area contributed by atoms with Gasteiger partial charge >= 0.3 is 0 Å². The van der Waals surface area contributed by atoms with Crippen LogP contribution < -0.4 is 15.4 Å². The number of aromatic hydroxyl groups is 1. The van der Waals surface area contributed by atoms with Crippen molar-refractivity contribution in [2.24, 2.45) is 10.9 Å². The first-order chi connectivity index (χ1) is 9.06. The summed E-state index contributed by atoms with van der Waals surface area (Å²) in [4.78, 5) is 4.13. The predicted octanol–water partition coefficient (Wildman–Crippen LogP) is 2.34. The van der Waals surface area contributed by atoms with Crippen LogP contribution in [0.15, 0.2) is 23.2 Å². The third kappa shape index (κ3) is 6.31. The van der Waals surface area contributed by atoms with Crippen molar-refractivity contribution >= 4 is 29.9 Å². The van der Waals surface area contributed by atoms with Crippen LogP contribution >= 0.6 is 24.0 Å². The van der Waals surface area contributed by atoms with Crippen LogP contribution in [0.5, 0.6) is 11.5 Å². The van der Waals surface area contributed by atoms with Gasteiger partial charge in [0.1, 0.15) is 11.5 Å². The Bertz CT molecular complexity index is 436. The summed E-state index contributed by atoms with van der Waals surface area (Å²) in [6, 6.07) is 5.16. The molecule has 0 spiro atoms. The molecule has 0 aliphatic rings. The van der Waals surface area contributed by atoms with Crippen LogP contribution in [-0.2, 0) is 6.54 Å². The minimum atomic E-state index is 0. The average Bonchev–Trinajstić information content (AvgIpc) is 2.40. The van der Waals surface area contributed by atoms with Crippen LogP contribution in [0.4, 0.5) is 0 Å². The molecule has 0 atom stereocenters. The Kier molecular flexibility index (Phi) is 9.11. The molecule has 0 heterocycles. The lowest BCUT2D eigenvalue weighted by atomic mass is 10.2. The molecule has 3 N–H and O–H groups in total. The highest BCUT2D eigenvalue weighted by Gasteiger charge is 2.05. The summed E-state index contributed by atoms with van der Waals surface area (Å²) in [7, 11) is 3.33. The fourth-order valence-corrected chi connectivity index (χ4v) is 1.53. The Hall–Kier alpha value is -1.18. The number of guanidine groups is 1. The van der Waals surface area contributed by atoms with Crippen LogP contribution in [0, 0.1) is 5.92 Å². The molecule has 0 aromatic heterocycles. The Morgan fingerprint density at radius 3 is 2.60 bits per heavy atom. The van der Waals surface area contributed by atoms with Crippen LogP contribution in [0.25, 0.3) is 0 Å². The Morgan fingerprint density at radius 2 is 2.05 bits per heavy atom. The van der Waals surface area contributed by atoms with E-state index in [1.54, 1.807) is 32.4 Å². The SMILES string of the molecule is CN=C(NCc1cc(OC)ccc1O)NCC(C)C.I. The second-order valence-electron chi connectivity index (χ2n) is 4.70. The summed E-state index contributed by atoms with van der Waals surface area (Å²) in [6.07, 6.45) is 0. The van der Waals surface area contributed by atoms with E-state index in [-0.39, 0.29) is 29.7 Å². The molecule has 1 aromatic rings. The molecule has 1 aromatic carbocycles. The standard InChI is InChI=1S/C14H23N3O2.HI/c1-10(2)8-16-14(15-3)17-9-11-7-12(19-4)5-6-13(11)18;/h5-7,10,18H,8-9H2,1-4H3,(H2,15,16,17);1H. The maximum Gasteiger partial charge on any atom is 0.191 e. The lowest BCUT2D eigenvalue weighted by Gasteiger charge is -2.14. The smallest absolute Gasteiger partial charge is 0.191 e. The molecule has 0 aliphatic heterocycles. The maximum atomic E-state index is 9.78. The number of rotatable bonds is 5. The molecule has 0 saturated heterocycles. The summed E-state index contributed by atoms with van der Waals surface area (Å²) in [5.41, 5.74) is 0.770. The quantitative estimate of drug-likeness (QED) is 0.408. The van der Waals surface area contributed by atoms with Crippen LogP contribution in [0.1, 0.15) is 19.4 Å². The molecule has 0 bridgehead atoms. The lowest BCUT2D eigenvalue weighted by Crippen LogP contribution is -2.38. The lowest BCUT2D eigenvalue weighted by molar-refractivity contribution is 0.410. The van der Waals surface area contributed by atoms with Crippen molar-refractivity contribution in [1.29, 1.82) is 0 Å². The fourth-order valence-electron chi connectivity index (χ4n) is 1.53. The summed E-state index contributed by atoms with van der Waals surface area (Å²) < 4.78 is 5.14. The zero-order chi connectivity index (χ0) is 14.3. The van der Waals surface area contributed by atoms with Crippen molar-refractivity contribution < 1.29 is 9.84 Å². The number of ether oxygens (including phenoxy) is 1. The van der Waals surface area contributed by atoms with Crippen LogP contribution in [-0.4, -0.2) is 31.8 Å². The van der Waals surface area contributed by atoms with Gasteiger partial charge in [-0.1, -0.05) is 13.8 Å². The molecule has 0 unspecified atom stereocenters. The van der Waals surface area contributed by atoms with Crippen molar-refractivity contribution in [3.63, 3.8) is 0 Å². The number of nitrogens with zero attached hydrogens (tertiary/aromatic N) is 1. The van der Waals surface area contributed by atoms with Crippen molar-refractivity contribution in [3.8, 4) is 11.5 Å². The van der Waals surface area contributed by atoms with Crippen LogP contribution in [0.3, 0.4) is 0 Å². The van der Waals surface area contributed by atoms with Crippen molar-refractivity contribution in [3.05, 3.63) is 23.8 Å². The number of benzene rings is 1. The van der Waals surface area contributed by atoms with Gasteiger partial charge < -0.3 is 20.5 Å². The van der Waals surface area contributed by atoms with Crippen molar-refractivity contribution in [1.82, 2.24) is 10.6 Å². The minimum Gasteiger partial charge on any atom is -0.508 e. The van der Waals surface area contributed by atoms with Gasteiger partial charge in [0, 0.05) is 25.7 Å². The van der Waals surface area contributed by atoms with E-state index in [4.69, 9.17) is 4.74 Å². The van der Waals surface area contributed by atoms with Gasteiger partial charge in [0.25, 0.3) is 0 Å². The zero-order valence-corrected chi connectivity index (χ0v) is 14.8. The van der Waals surface area contributed by atoms with Gasteiger partial charge in [0.2, 0.25) is 0 Å². The van der Waals surface area contributed by atoms with E-state index < -0.39 is 0 Å². The number of hydrogen-bond acceptors (Lipinski definition) is 3. The monoisotopic (exact) mass is 393 g/mol. The van der Waals surface area contributed by atoms with Crippen molar-refractivity contribution in [2.75, 3.05) is 20.7 Å². The first-order valence-corrected chi connectivity index (χ1v) is 6.37. The molecule has 0 fully saturated rings. The molecule has 0 saturated carbocycles. The number of halogens is 1. The van der Waals surface area contributed by atoms with Gasteiger partial charge in [-0.25, -0.2) is 0 Å². The predicted molar refractivity (Wildman–Crippen MR) is 93.1 cm³/mol. The third-order valence-electron chi connectivity index (χ3n) is 2.63. The second kappa shape index (κ2) is 9.68. The van der Waals surface area contributed by atoms with Gasteiger partial charge in [0.15, 0.2) is 5.96 Å². The third-order valence-corrected chi connectivity index (χ3v) is 2.63. The molecular weight excluding hydrogens is 369 g/mol. The van der Waals surface area contributed by atoms with E-state index in [0.29, 0.717) is 12.5 Å². The van der Waals surface area contributed by atoms with E-state index >= 15 is 0 Å². The first kappa shape index (κ1) is 18.8. The second-order valence-corrected chi connectivity index (χ2v) is 4.70. The molecule has 0 aliphatic carbocycles. The first-order valence-electron chi connectivity index (χ1n) is 6.37. The Balaban J connectivity index is 0.00000361. The van der Waals surface area contributed by atoms with E-state index in [1.807, 2.05) is 0 Å². The number of hydrogen-bond donors (Lipinski definition) is 3. The maximum absolute atomic E-state index is 9.78. The van der Waals surface area contributed by atoms with E-state index in [9.17, 15) is 5.11 Å². The molecule has 20 heavy (non-hydrogen) atoms. The van der Waals surface area contributed by atoms with E-state index in [1.165, 1.54) is 0 Å². The summed E-state index contributed by atoms with van der Waals surface area (Å²) >= 11 is 0. The molecular formula is C14H24IN3O2. The molecule has 0 radical (unpaired) electrons. The topological polar surface area (TPSA) is 65.9 Å². The van der Waals surface area contributed by atoms with Gasteiger partial charge in [-0.2, -0.15) is 0 Å². The number of methoxy groups -OCH3 is 1. The van der Waals surface area contributed by atoms with E-state index in [0.717, 1.165) is 23.8 Å². The molecule has 0 amide bonds. The summed E-state index contributed by atoms with van der Waals surface area (Å²) in [5, 5.41) is 16.1. The summed E-state index contributed by atoms with van der Waals surface area (Å²) in [6.45, 7) is 5.60. The number of nitrogens with one attached hydrogen (secondary N) is 2. The largest absolute Gasteiger partial charge is 0.508 e. The molecule has 5 nitrogen and oxygen atoms in total. The molecule has 114 valence electrons. The van der Waals surface area contributed by atoms with Gasteiger partial charge in [-0.3, -0.25) is 4.99 Å². The Labute approximate surface area is 137 Å². The zero-order valence-electron chi connectivity index (χ0n) is 12.4. The highest BCUT2D eigenvalue weighted by Crippen LogP contribution is 2.22. The van der Waals surface area contributed by atoms with Gasteiger partial charge in [-0.05, 0) is 24.1 Å².